The van der Waals surface area contributed by atoms with Gasteiger partial charge in [0.05, 0.1) is 6.42 Å². The zero-order valence-corrected chi connectivity index (χ0v) is 10.8. The summed E-state index contributed by atoms with van der Waals surface area (Å²) in [5.41, 5.74) is 0.274. The first kappa shape index (κ1) is 15.5. The van der Waals surface area contributed by atoms with Gasteiger partial charge in [-0.3, -0.25) is 9.69 Å². The van der Waals surface area contributed by atoms with Gasteiger partial charge in [-0.1, -0.05) is 0 Å². The number of nitrogens with zero attached hydrogens (tertiary/aromatic N) is 1. The monoisotopic (exact) mass is 275 g/mol. The number of aliphatic carboxylic acids is 1. The molecule has 6 heteroatoms. The molecule has 0 aromatic heterocycles. The number of rotatable bonds is 6. The fraction of sp³-hybridized carbons (Fsp3) is 0.462. The van der Waals surface area contributed by atoms with Crippen LogP contribution in [0.5, 0.6) is 0 Å². The van der Waals surface area contributed by atoms with E-state index in [9.17, 15) is 18.0 Å². The Morgan fingerprint density at radius 1 is 1.26 bits per heavy atom. The highest BCUT2D eigenvalue weighted by molar-refractivity contribution is 5.66. The van der Waals surface area contributed by atoms with E-state index in [1.54, 1.807) is 4.90 Å². The number of halogens is 3. The molecule has 0 aliphatic heterocycles. The maximum atomic E-state index is 13.1. The number of hydrogen-bond acceptors (Lipinski definition) is 2. The lowest BCUT2D eigenvalue weighted by atomic mass is 10.1. The minimum Gasteiger partial charge on any atom is -0.481 e. The lowest BCUT2D eigenvalue weighted by Crippen LogP contribution is -2.32. The molecule has 0 bridgehead atoms. The largest absolute Gasteiger partial charge is 0.481 e. The van der Waals surface area contributed by atoms with Gasteiger partial charge in [0.25, 0.3) is 0 Å². The quantitative estimate of drug-likeness (QED) is 0.812. The second-order valence-electron chi connectivity index (χ2n) is 4.58. The number of hydrogen-bond donors (Lipinski definition) is 1. The van der Waals surface area contributed by atoms with E-state index in [-0.39, 0.29) is 31.1 Å². The van der Waals surface area contributed by atoms with Crippen molar-refractivity contribution in [3.8, 4) is 0 Å². The SMILES string of the molecule is CC(C)N(CCC(=O)O)Cc1cc(F)c(F)c(F)c1. The van der Waals surface area contributed by atoms with E-state index >= 15 is 0 Å². The molecular weight excluding hydrogens is 259 g/mol. The first-order valence-electron chi connectivity index (χ1n) is 5.90. The predicted octanol–water partition coefficient (Wildman–Crippen LogP) is 2.79. The van der Waals surface area contributed by atoms with Crippen molar-refractivity contribution in [1.82, 2.24) is 4.90 Å². The van der Waals surface area contributed by atoms with Gasteiger partial charge in [0, 0.05) is 19.1 Å². The van der Waals surface area contributed by atoms with Crippen molar-refractivity contribution < 1.29 is 23.1 Å². The minimum absolute atomic E-state index is 0.00975. The summed E-state index contributed by atoms with van der Waals surface area (Å²) >= 11 is 0. The summed E-state index contributed by atoms with van der Waals surface area (Å²) in [7, 11) is 0. The molecule has 0 atom stereocenters. The average Bonchev–Trinajstić information content (AvgIpc) is 2.30. The number of carboxylic acids is 1. The Labute approximate surface area is 109 Å². The maximum Gasteiger partial charge on any atom is 0.304 e. The number of carbonyl (C=O) groups is 1. The summed E-state index contributed by atoms with van der Waals surface area (Å²) in [4.78, 5) is 12.3. The topological polar surface area (TPSA) is 40.5 Å². The second kappa shape index (κ2) is 6.56. The van der Waals surface area contributed by atoms with E-state index in [1.807, 2.05) is 13.8 Å². The van der Waals surface area contributed by atoms with Crippen LogP contribution in [0.25, 0.3) is 0 Å². The number of carboxylic acid groups (broad SMARTS) is 1. The van der Waals surface area contributed by atoms with Gasteiger partial charge >= 0.3 is 5.97 Å². The van der Waals surface area contributed by atoms with Gasteiger partial charge in [0.15, 0.2) is 17.5 Å². The Hall–Kier alpha value is -1.56. The van der Waals surface area contributed by atoms with E-state index in [0.717, 1.165) is 12.1 Å². The third kappa shape index (κ3) is 4.55. The first-order valence-corrected chi connectivity index (χ1v) is 5.90. The molecule has 3 nitrogen and oxygen atoms in total. The second-order valence-corrected chi connectivity index (χ2v) is 4.58. The summed E-state index contributed by atoms with van der Waals surface area (Å²) in [5.74, 6) is -4.92. The van der Waals surface area contributed by atoms with E-state index in [2.05, 4.69) is 0 Å². The fourth-order valence-electron chi connectivity index (χ4n) is 1.69. The van der Waals surface area contributed by atoms with Gasteiger partial charge in [-0.15, -0.1) is 0 Å². The van der Waals surface area contributed by atoms with E-state index in [0.29, 0.717) is 0 Å². The van der Waals surface area contributed by atoms with Crippen molar-refractivity contribution in [2.45, 2.75) is 32.9 Å². The van der Waals surface area contributed by atoms with Crippen LogP contribution in [0.3, 0.4) is 0 Å². The Balaban J connectivity index is 2.82. The first-order chi connectivity index (χ1) is 8.81. The van der Waals surface area contributed by atoms with Crippen LogP contribution in [-0.2, 0) is 11.3 Å². The minimum atomic E-state index is -1.50. The van der Waals surface area contributed by atoms with Crippen molar-refractivity contribution in [1.29, 1.82) is 0 Å². The summed E-state index contributed by atoms with van der Waals surface area (Å²) in [5, 5.41) is 8.64. The van der Waals surface area contributed by atoms with E-state index < -0.39 is 23.4 Å². The van der Waals surface area contributed by atoms with Crippen LogP contribution >= 0.6 is 0 Å². The van der Waals surface area contributed by atoms with Crippen molar-refractivity contribution in [2.75, 3.05) is 6.54 Å². The zero-order valence-electron chi connectivity index (χ0n) is 10.8. The Morgan fingerprint density at radius 2 is 1.79 bits per heavy atom. The van der Waals surface area contributed by atoms with Crippen LogP contribution < -0.4 is 0 Å². The van der Waals surface area contributed by atoms with Gasteiger partial charge in [-0.2, -0.15) is 0 Å². The lowest BCUT2D eigenvalue weighted by Gasteiger charge is -2.25. The molecule has 1 N–H and O–H groups in total. The molecule has 19 heavy (non-hydrogen) atoms. The molecule has 1 rings (SSSR count). The molecule has 0 spiro atoms. The molecule has 0 saturated heterocycles. The van der Waals surface area contributed by atoms with Gasteiger partial charge in [-0.25, -0.2) is 13.2 Å². The lowest BCUT2D eigenvalue weighted by molar-refractivity contribution is -0.137. The average molecular weight is 275 g/mol. The maximum absolute atomic E-state index is 13.1. The van der Waals surface area contributed by atoms with Gasteiger partial charge in [0.1, 0.15) is 0 Å². The zero-order chi connectivity index (χ0) is 14.6. The molecule has 0 aliphatic carbocycles. The highest BCUT2D eigenvalue weighted by Gasteiger charge is 2.15. The summed E-state index contributed by atoms with van der Waals surface area (Å²) in [6.07, 6.45) is -0.0651. The Morgan fingerprint density at radius 3 is 2.21 bits per heavy atom. The predicted molar refractivity (Wildman–Crippen MR) is 64.1 cm³/mol. The van der Waals surface area contributed by atoms with Crippen LogP contribution in [0, 0.1) is 17.5 Å². The summed E-state index contributed by atoms with van der Waals surface area (Å²) < 4.78 is 39.0. The van der Waals surface area contributed by atoms with Crippen molar-refractivity contribution in [3.05, 3.63) is 35.1 Å². The highest BCUT2D eigenvalue weighted by atomic mass is 19.2. The molecule has 0 fully saturated rings. The van der Waals surface area contributed by atoms with Crippen molar-refractivity contribution in [3.63, 3.8) is 0 Å². The van der Waals surface area contributed by atoms with Crippen LogP contribution in [0.4, 0.5) is 13.2 Å². The van der Waals surface area contributed by atoms with Crippen molar-refractivity contribution in [2.24, 2.45) is 0 Å². The van der Waals surface area contributed by atoms with E-state index in [4.69, 9.17) is 5.11 Å². The molecule has 0 amide bonds. The standard InChI is InChI=1S/C13H16F3NO2/c1-8(2)17(4-3-12(18)19)7-9-5-10(14)13(16)11(15)6-9/h5-6,8H,3-4,7H2,1-2H3,(H,18,19). The van der Waals surface area contributed by atoms with Crippen LogP contribution in [0.1, 0.15) is 25.8 Å². The highest BCUT2D eigenvalue weighted by Crippen LogP contribution is 2.16. The molecule has 0 saturated carbocycles. The Bertz CT molecular complexity index is 440. The number of benzene rings is 1. The van der Waals surface area contributed by atoms with Gasteiger partial charge < -0.3 is 5.11 Å². The molecule has 1 aromatic rings. The third-order valence-corrected chi connectivity index (χ3v) is 2.77. The van der Waals surface area contributed by atoms with Gasteiger partial charge in [0.2, 0.25) is 0 Å². The third-order valence-electron chi connectivity index (χ3n) is 2.77. The molecule has 0 radical (unpaired) electrons. The Kier molecular flexibility index (Phi) is 5.35. The van der Waals surface area contributed by atoms with E-state index in [1.165, 1.54) is 0 Å². The molecule has 1 aromatic carbocycles. The summed E-state index contributed by atoms with van der Waals surface area (Å²) in [6.45, 7) is 4.11. The van der Waals surface area contributed by atoms with Crippen molar-refractivity contribution >= 4 is 5.97 Å². The summed E-state index contributed by atoms with van der Waals surface area (Å²) in [6, 6.07) is 1.86. The van der Waals surface area contributed by atoms with Gasteiger partial charge in [-0.05, 0) is 31.5 Å². The van der Waals surface area contributed by atoms with Crippen LogP contribution in [0.15, 0.2) is 12.1 Å². The molecular formula is C13H16F3NO2. The molecule has 0 unspecified atom stereocenters. The van der Waals surface area contributed by atoms with Crippen LogP contribution in [0.2, 0.25) is 0 Å². The molecule has 106 valence electrons. The van der Waals surface area contributed by atoms with Crippen LogP contribution in [-0.4, -0.2) is 28.6 Å². The molecule has 0 aliphatic rings. The molecule has 0 heterocycles. The fourth-order valence-corrected chi connectivity index (χ4v) is 1.69. The normalized spacial score (nSPS) is 11.3. The smallest absolute Gasteiger partial charge is 0.304 e.